The number of ether oxygens (including phenoxy) is 1. The van der Waals surface area contributed by atoms with Gasteiger partial charge in [0, 0.05) is 22.2 Å². The van der Waals surface area contributed by atoms with E-state index >= 15 is 0 Å². The molecule has 6 heteroatoms. The monoisotopic (exact) mass is 302 g/mol. The highest BCUT2D eigenvalue weighted by molar-refractivity contribution is 5.72. The fraction of sp³-hybridized carbons (Fsp3) is 0.625. The van der Waals surface area contributed by atoms with Crippen molar-refractivity contribution in [2.45, 2.75) is 45.1 Å². The minimum absolute atomic E-state index is 0.0534. The van der Waals surface area contributed by atoms with Gasteiger partial charge in [-0.2, -0.15) is 0 Å². The van der Waals surface area contributed by atoms with E-state index in [-0.39, 0.29) is 18.4 Å². The lowest BCUT2D eigenvalue weighted by Gasteiger charge is -2.31. The van der Waals surface area contributed by atoms with Crippen LogP contribution in [0.3, 0.4) is 0 Å². The Bertz CT molecular complexity index is 561. The molecule has 0 radical (unpaired) electrons. The second kappa shape index (κ2) is 7.80. The topological polar surface area (TPSA) is 88.0 Å². The summed E-state index contributed by atoms with van der Waals surface area (Å²) >= 11 is 0. The fourth-order valence-corrected chi connectivity index (χ4v) is 3.21. The zero-order chi connectivity index (χ0) is 15.9. The molecule has 0 amide bonds. The van der Waals surface area contributed by atoms with Crippen molar-refractivity contribution in [3.05, 3.63) is 40.0 Å². The molecule has 6 nitrogen and oxygen atoms in total. The molecule has 1 aromatic heterocycles. The van der Waals surface area contributed by atoms with Gasteiger partial charge in [-0.1, -0.05) is 18.1 Å². The number of methoxy groups -OCH3 is 1. The number of rotatable bonds is 5. The van der Waals surface area contributed by atoms with Gasteiger partial charge in [0.05, 0.1) is 19.6 Å². The summed E-state index contributed by atoms with van der Waals surface area (Å²) < 4.78 is 4.83. The first-order chi connectivity index (χ1) is 10.7. The smallest absolute Gasteiger partial charge is 0.308 e. The van der Waals surface area contributed by atoms with E-state index in [2.05, 4.69) is 21.9 Å². The van der Waals surface area contributed by atoms with Gasteiger partial charge in [0.25, 0.3) is 0 Å². The summed E-state index contributed by atoms with van der Waals surface area (Å²) in [6.45, 7) is 2.47. The second-order valence-electron chi connectivity index (χ2n) is 5.87. The van der Waals surface area contributed by atoms with E-state index in [0.29, 0.717) is 11.8 Å². The maximum absolute atomic E-state index is 11.6. The van der Waals surface area contributed by atoms with E-state index in [4.69, 9.17) is 10.3 Å². The van der Waals surface area contributed by atoms with Crippen LogP contribution < -0.4 is 0 Å². The molecule has 1 unspecified atom stereocenters. The van der Waals surface area contributed by atoms with Crippen molar-refractivity contribution < 1.29 is 9.53 Å². The highest BCUT2D eigenvalue weighted by Gasteiger charge is 2.30. The first-order valence-electron chi connectivity index (χ1n) is 7.70. The molecular formula is C16H22N4O2. The number of esters is 1. The maximum Gasteiger partial charge on any atom is 0.308 e. The molecule has 0 N–H and O–H groups in total. The van der Waals surface area contributed by atoms with Gasteiger partial charge in [-0.15, -0.1) is 0 Å². The van der Waals surface area contributed by atoms with Gasteiger partial charge in [-0.3, -0.25) is 9.78 Å². The lowest BCUT2D eigenvalue weighted by Crippen LogP contribution is -2.25. The third-order valence-corrected chi connectivity index (χ3v) is 4.60. The van der Waals surface area contributed by atoms with Gasteiger partial charge in [-0.05, 0) is 49.3 Å². The van der Waals surface area contributed by atoms with Gasteiger partial charge < -0.3 is 4.74 Å². The highest BCUT2D eigenvalue weighted by Crippen LogP contribution is 2.37. The van der Waals surface area contributed by atoms with Gasteiger partial charge in [-0.25, -0.2) is 0 Å². The number of hydrogen-bond donors (Lipinski definition) is 0. The van der Waals surface area contributed by atoms with Crippen molar-refractivity contribution in [3.63, 3.8) is 0 Å². The number of nitrogens with zero attached hydrogens (tertiary/aromatic N) is 4. The molecule has 1 aliphatic carbocycles. The average Bonchev–Trinajstić information content (AvgIpc) is 2.59. The van der Waals surface area contributed by atoms with Crippen LogP contribution in [-0.4, -0.2) is 18.1 Å². The molecule has 1 fully saturated rings. The second-order valence-corrected chi connectivity index (χ2v) is 5.87. The Kier molecular flexibility index (Phi) is 5.78. The zero-order valence-electron chi connectivity index (χ0n) is 13.1. The molecule has 1 atom stereocenters. The number of hydrogen-bond acceptors (Lipinski definition) is 4. The fourth-order valence-electron chi connectivity index (χ4n) is 3.21. The summed E-state index contributed by atoms with van der Waals surface area (Å²) in [5, 5.41) is 3.56. The first kappa shape index (κ1) is 16.3. The number of azide groups is 1. The summed E-state index contributed by atoms with van der Waals surface area (Å²) in [6, 6.07) is 5.86. The number of pyridine rings is 1. The van der Waals surface area contributed by atoms with Crippen molar-refractivity contribution in [2.24, 2.45) is 17.0 Å². The SMILES string of the molecule is COC(=O)[C@H]1CC[C@H](C(C)c2cccc(CN=[N+]=[N-])n2)CC1. The summed E-state index contributed by atoms with van der Waals surface area (Å²) in [4.78, 5) is 19.0. The summed E-state index contributed by atoms with van der Waals surface area (Å²) in [5.74, 6) is 0.839. The van der Waals surface area contributed by atoms with E-state index < -0.39 is 0 Å². The van der Waals surface area contributed by atoms with E-state index in [1.54, 1.807) is 0 Å². The van der Waals surface area contributed by atoms with Crippen LogP contribution in [0, 0.1) is 11.8 Å². The molecule has 1 aromatic rings. The van der Waals surface area contributed by atoms with Crippen LogP contribution in [0.25, 0.3) is 10.4 Å². The Morgan fingerprint density at radius 3 is 2.82 bits per heavy atom. The van der Waals surface area contributed by atoms with Crippen molar-refractivity contribution in [1.29, 1.82) is 0 Å². The van der Waals surface area contributed by atoms with Crippen LogP contribution in [0.15, 0.2) is 23.3 Å². The van der Waals surface area contributed by atoms with Gasteiger partial charge in [0.15, 0.2) is 0 Å². The minimum Gasteiger partial charge on any atom is -0.469 e. The van der Waals surface area contributed by atoms with Crippen LogP contribution in [0.5, 0.6) is 0 Å². The van der Waals surface area contributed by atoms with Crippen molar-refractivity contribution in [3.8, 4) is 0 Å². The first-order valence-corrected chi connectivity index (χ1v) is 7.70. The van der Waals surface area contributed by atoms with Crippen LogP contribution in [0.4, 0.5) is 0 Å². The normalized spacial score (nSPS) is 22.5. The lowest BCUT2D eigenvalue weighted by molar-refractivity contribution is -0.146. The Balaban J connectivity index is 1.99. The molecule has 118 valence electrons. The summed E-state index contributed by atoms with van der Waals surface area (Å²) in [6.07, 6.45) is 3.81. The van der Waals surface area contributed by atoms with E-state index in [9.17, 15) is 4.79 Å². The minimum atomic E-state index is -0.0828. The molecule has 0 aromatic carbocycles. The number of carbonyl (C=O) groups excluding carboxylic acids is 1. The molecule has 1 heterocycles. The van der Waals surface area contributed by atoms with Crippen molar-refractivity contribution >= 4 is 5.97 Å². The van der Waals surface area contributed by atoms with Crippen LogP contribution in [-0.2, 0) is 16.1 Å². The Labute approximate surface area is 130 Å². The van der Waals surface area contributed by atoms with Crippen molar-refractivity contribution in [1.82, 2.24) is 4.98 Å². The molecule has 2 rings (SSSR count). The summed E-state index contributed by atoms with van der Waals surface area (Å²) in [7, 11) is 1.45. The molecule has 0 bridgehead atoms. The molecule has 1 aliphatic rings. The Morgan fingerprint density at radius 1 is 1.45 bits per heavy atom. The third kappa shape index (κ3) is 3.98. The van der Waals surface area contributed by atoms with Gasteiger partial charge in [0.2, 0.25) is 0 Å². The van der Waals surface area contributed by atoms with Gasteiger partial charge >= 0.3 is 5.97 Å². The molecule has 0 spiro atoms. The molecule has 0 saturated heterocycles. The number of aromatic nitrogens is 1. The van der Waals surface area contributed by atoms with E-state index in [1.807, 2.05) is 18.2 Å². The van der Waals surface area contributed by atoms with Crippen LogP contribution >= 0.6 is 0 Å². The quantitative estimate of drug-likeness (QED) is 0.357. The lowest BCUT2D eigenvalue weighted by atomic mass is 9.75. The molecular weight excluding hydrogens is 280 g/mol. The van der Waals surface area contributed by atoms with E-state index in [1.165, 1.54) is 7.11 Å². The summed E-state index contributed by atoms with van der Waals surface area (Å²) in [5.41, 5.74) is 10.2. The van der Waals surface area contributed by atoms with Gasteiger partial charge in [0.1, 0.15) is 0 Å². The Hall–Kier alpha value is -2.07. The zero-order valence-corrected chi connectivity index (χ0v) is 13.1. The molecule has 22 heavy (non-hydrogen) atoms. The molecule has 1 saturated carbocycles. The average molecular weight is 302 g/mol. The predicted molar refractivity (Wildman–Crippen MR) is 83.0 cm³/mol. The van der Waals surface area contributed by atoms with Crippen LogP contribution in [0.2, 0.25) is 0 Å². The highest BCUT2D eigenvalue weighted by atomic mass is 16.5. The Morgan fingerprint density at radius 2 is 2.18 bits per heavy atom. The maximum atomic E-state index is 11.6. The standard InChI is InChI=1S/C16H22N4O2/c1-11(12-6-8-13(9-7-12)16(21)22-2)15-5-3-4-14(19-15)10-18-20-17/h3-5,11-13H,6-10H2,1-2H3/t11?,12-,13-. The third-order valence-electron chi connectivity index (χ3n) is 4.60. The molecule has 0 aliphatic heterocycles. The van der Waals surface area contributed by atoms with Crippen LogP contribution in [0.1, 0.15) is 49.9 Å². The van der Waals surface area contributed by atoms with Crippen molar-refractivity contribution in [2.75, 3.05) is 7.11 Å². The largest absolute Gasteiger partial charge is 0.469 e. The van der Waals surface area contributed by atoms with E-state index in [0.717, 1.165) is 37.1 Å². The predicted octanol–water partition coefficient (Wildman–Crippen LogP) is 3.97. The number of carbonyl (C=O) groups is 1.